The summed E-state index contributed by atoms with van der Waals surface area (Å²) in [4.78, 5) is 13.0. The van der Waals surface area contributed by atoms with Crippen molar-refractivity contribution in [3.63, 3.8) is 0 Å². The first kappa shape index (κ1) is 10.7. The van der Waals surface area contributed by atoms with E-state index in [1.54, 1.807) is 11.3 Å². The Morgan fingerprint density at radius 1 is 1.64 bits per heavy atom. The van der Waals surface area contributed by atoms with Gasteiger partial charge < -0.3 is 0 Å². The summed E-state index contributed by atoms with van der Waals surface area (Å²) in [5, 5.41) is 2.03. The quantitative estimate of drug-likeness (QED) is 0.849. The van der Waals surface area contributed by atoms with E-state index in [2.05, 4.69) is 15.9 Å². The van der Waals surface area contributed by atoms with E-state index in [0.717, 1.165) is 22.4 Å². The second-order valence-corrected chi connectivity index (χ2v) is 6.50. The molecule has 1 fully saturated rings. The first-order valence-corrected chi connectivity index (χ1v) is 7.42. The van der Waals surface area contributed by atoms with Gasteiger partial charge in [0.25, 0.3) is 0 Å². The van der Waals surface area contributed by atoms with Crippen molar-refractivity contribution in [1.82, 2.24) is 0 Å². The second-order valence-electron chi connectivity index (χ2n) is 3.43. The molecule has 0 radical (unpaired) electrons. The van der Waals surface area contributed by atoms with E-state index in [4.69, 9.17) is 0 Å². The Hall–Kier alpha value is 0.200. The predicted molar refractivity (Wildman–Crippen MR) is 66.2 cm³/mol. The minimum Gasteiger partial charge on any atom is -0.299 e. The van der Waals surface area contributed by atoms with Gasteiger partial charge in [0.15, 0.2) is 0 Å². The summed E-state index contributed by atoms with van der Waals surface area (Å²) in [6.45, 7) is 0. The largest absolute Gasteiger partial charge is 0.299 e. The molecule has 1 saturated heterocycles. The van der Waals surface area contributed by atoms with Crippen molar-refractivity contribution in [3.8, 4) is 0 Å². The van der Waals surface area contributed by atoms with Crippen molar-refractivity contribution in [2.24, 2.45) is 5.92 Å². The van der Waals surface area contributed by atoms with Gasteiger partial charge >= 0.3 is 0 Å². The molecule has 1 unspecified atom stereocenters. The molecule has 0 aliphatic carbocycles. The van der Waals surface area contributed by atoms with Gasteiger partial charge in [-0.15, -0.1) is 11.3 Å². The molecule has 0 saturated carbocycles. The number of thiophene rings is 1. The van der Waals surface area contributed by atoms with E-state index in [0.29, 0.717) is 18.1 Å². The highest BCUT2D eigenvalue weighted by molar-refractivity contribution is 9.10. The minimum absolute atomic E-state index is 0.320. The van der Waals surface area contributed by atoms with Crippen LogP contribution in [0.1, 0.15) is 11.3 Å². The lowest BCUT2D eigenvalue weighted by Gasteiger charge is -2.04. The summed E-state index contributed by atoms with van der Waals surface area (Å²) in [6.07, 6.45) is 1.71. The summed E-state index contributed by atoms with van der Waals surface area (Å²) < 4.78 is 1.09. The molecule has 1 nitrogen and oxygen atoms in total. The highest BCUT2D eigenvalue weighted by Gasteiger charge is 2.23. The lowest BCUT2D eigenvalue weighted by atomic mass is 10.0. The predicted octanol–water partition coefficient (Wildman–Crippen LogP) is 3.38. The Morgan fingerprint density at radius 2 is 2.50 bits per heavy atom. The molecule has 4 heteroatoms. The number of carbonyl (C=O) groups excluding carboxylic acids is 1. The molecule has 76 valence electrons. The third kappa shape index (κ3) is 2.61. The normalized spacial score (nSPS) is 21.4. The fourth-order valence-electron chi connectivity index (χ4n) is 1.55. The molecule has 1 aromatic heterocycles. The zero-order chi connectivity index (χ0) is 9.97. The number of hydrogen-bond acceptors (Lipinski definition) is 3. The number of carbonyl (C=O) groups is 1. The van der Waals surface area contributed by atoms with Crippen LogP contribution in [0.3, 0.4) is 0 Å². The Kier molecular flexibility index (Phi) is 3.68. The molecule has 1 aromatic rings. The molecule has 14 heavy (non-hydrogen) atoms. The molecule has 2 rings (SSSR count). The van der Waals surface area contributed by atoms with Crippen molar-refractivity contribution < 1.29 is 4.79 Å². The van der Waals surface area contributed by atoms with E-state index >= 15 is 0 Å². The van der Waals surface area contributed by atoms with Crippen LogP contribution in [-0.2, 0) is 11.2 Å². The van der Waals surface area contributed by atoms with Crippen molar-refractivity contribution in [2.75, 3.05) is 11.5 Å². The van der Waals surface area contributed by atoms with Gasteiger partial charge in [0.05, 0.1) is 0 Å². The van der Waals surface area contributed by atoms with E-state index in [-0.39, 0.29) is 0 Å². The third-order valence-corrected chi connectivity index (χ3v) is 5.22. The van der Waals surface area contributed by atoms with Gasteiger partial charge in [-0.1, -0.05) is 0 Å². The Balaban J connectivity index is 1.93. The van der Waals surface area contributed by atoms with Crippen LogP contribution in [0.4, 0.5) is 0 Å². The van der Waals surface area contributed by atoms with Gasteiger partial charge in [-0.25, -0.2) is 0 Å². The lowest BCUT2D eigenvalue weighted by molar-refractivity contribution is -0.121. The standard InChI is InChI=1S/C10H11BrOS2/c11-8-3-9(14-6-8)4-10(12)7-1-2-13-5-7/h3,6-7H,1-2,4-5H2. The number of Topliss-reactive ketones (excluding diaryl/α,β-unsaturated/α-hetero) is 1. The maximum absolute atomic E-state index is 11.8. The zero-order valence-electron chi connectivity index (χ0n) is 7.66. The number of halogens is 1. The van der Waals surface area contributed by atoms with Gasteiger partial charge in [0.1, 0.15) is 5.78 Å². The lowest BCUT2D eigenvalue weighted by Crippen LogP contribution is -2.15. The molecule has 0 spiro atoms. The van der Waals surface area contributed by atoms with Crippen molar-refractivity contribution in [3.05, 3.63) is 20.8 Å². The summed E-state index contributed by atoms with van der Waals surface area (Å²) in [5.74, 6) is 2.93. The van der Waals surface area contributed by atoms with Gasteiger partial charge in [-0.2, -0.15) is 11.8 Å². The Bertz CT molecular complexity index is 329. The molecule has 0 N–H and O–H groups in total. The Morgan fingerprint density at radius 3 is 3.07 bits per heavy atom. The van der Waals surface area contributed by atoms with Gasteiger partial charge in [-0.3, -0.25) is 4.79 Å². The molecule has 2 heterocycles. The molecule has 0 amide bonds. The van der Waals surface area contributed by atoms with Crippen LogP contribution in [0.15, 0.2) is 15.9 Å². The van der Waals surface area contributed by atoms with Crippen LogP contribution < -0.4 is 0 Å². The van der Waals surface area contributed by atoms with Gasteiger partial charge in [0.2, 0.25) is 0 Å². The van der Waals surface area contributed by atoms with Crippen molar-refractivity contribution >= 4 is 44.8 Å². The summed E-state index contributed by atoms with van der Waals surface area (Å²) in [5.41, 5.74) is 0. The SMILES string of the molecule is O=C(Cc1cc(Br)cs1)C1CCSC1. The van der Waals surface area contributed by atoms with Gasteiger partial charge in [0, 0.05) is 32.8 Å². The summed E-state index contributed by atoms with van der Waals surface area (Å²) in [7, 11) is 0. The van der Waals surface area contributed by atoms with E-state index in [1.165, 1.54) is 4.88 Å². The average molecular weight is 291 g/mol. The molecular weight excluding hydrogens is 280 g/mol. The highest BCUT2D eigenvalue weighted by atomic mass is 79.9. The topological polar surface area (TPSA) is 17.1 Å². The van der Waals surface area contributed by atoms with Crippen LogP contribution >= 0.6 is 39.0 Å². The van der Waals surface area contributed by atoms with Crippen molar-refractivity contribution in [2.45, 2.75) is 12.8 Å². The first-order valence-electron chi connectivity index (χ1n) is 4.59. The molecule has 0 aromatic carbocycles. The maximum Gasteiger partial charge on any atom is 0.142 e. The van der Waals surface area contributed by atoms with Crippen LogP contribution in [-0.4, -0.2) is 17.3 Å². The number of rotatable bonds is 3. The smallest absolute Gasteiger partial charge is 0.142 e. The highest BCUT2D eigenvalue weighted by Crippen LogP contribution is 2.27. The number of ketones is 1. The maximum atomic E-state index is 11.8. The van der Waals surface area contributed by atoms with Crippen molar-refractivity contribution in [1.29, 1.82) is 0 Å². The number of thioether (sulfide) groups is 1. The van der Waals surface area contributed by atoms with Crippen LogP contribution in [0.5, 0.6) is 0 Å². The van der Waals surface area contributed by atoms with E-state index in [1.807, 2.05) is 23.2 Å². The first-order chi connectivity index (χ1) is 6.75. The monoisotopic (exact) mass is 290 g/mol. The van der Waals surface area contributed by atoms with Crippen LogP contribution in [0.25, 0.3) is 0 Å². The van der Waals surface area contributed by atoms with Crippen LogP contribution in [0.2, 0.25) is 0 Å². The number of hydrogen-bond donors (Lipinski definition) is 0. The molecular formula is C10H11BrOS2. The third-order valence-electron chi connectivity index (χ3n) is 2.36. The fourth-order valence-corrected chi connectivity index (χ4v) is 4.27. The molecule has 1 aliphatic rings. The summed E-state index contributed by atoms with van der Waals surface area (Å²) >= 11 is 6.96. The van der Waals surface area contributed by atoms with Gasteiger partial charge in [-0.05, 0) is 34.2 Å². The van der Waals surface area contributed by atoms with E-state index in [9.17, 15) is 4.79 Å². The minimum atomic E-state index is 0.320. The fraction of sp³-hybridized carbons (Fsp3) is 0.500. The van der Waals surface area contributed by atoms with E-state index < -0.39 is 0 Å². The second kappa shape index (κ2) is 4.81. The average Bonchev–Trinajstić information content (AvgIpc) is 2.75. The molecule has 1 aliphatic heterocycles. The molecule has 0 bridgehead atoms. The Labute approximate surface area is 100 Å². The zero-order valence-corrected chi connectivity index (χ0v) is 10.9. The van der Waals surface area contributed by atoms with Crippen LogP contribution in [0, 0.1) is 5.92 Å². The summed E-state index contributed by atoms with van der Waals surface area (Å²) in [6, 6.07) is 2.05. The molecule has 1 atom stereocenters.